The van der Waals surface area contributed by atoms with Crippen LogP contribution in [0.1, 0.15) is 110 Å². The van der Waals surface area contributed by atoms with Gasteiger partial charge in [0.05, 0.1) is 0 Å². The van der Waals surface area contributed by atoms with Gasteiger partial charge in [-0.1, -0.05) is 96.8 Å². The first-order valence-corrected chi connectivity index (χ1v) is 8.97. The van der Waals surface area contributed by atoms with Crippen LogP contribution < -0.4 is 5.11 Å². The minimum absolute atomic E-state index is 0. The maximum absolute atomic E-state index is 10.2. The molecule has 0 fully saturated rings. The van der Waals surface area contributed by atoms with Gasteiger partial charge in [-0.25, -0.2) is 0 Å². The molecule has 136 valence electrons. The van der Waals surface area contributed by atoms with Crippen molar-refractivity contribution < 1.29 is 42.6 Å². The summed E-state index contributed by atoms with van der Waals surface area (Å²) in [6.45, 7) is 2.27. The number of unbranched alkanes of at least 4 members (excludes halogenated alkanes) is 14. The Kier molecular flexibility index (Phi) is 48.5. The van der Waals surface area contributed by atoms with Gasteiger partial charge >= 0.3 is 59.5 Å². The molecule has 0 atom stereocenters. The molecule has 0 aromatic heterocycles. The third-order valence-electron chi connectivity index (χ3n) is 3.98. The molecule has 0 N–H and O–H groups in total. The molecule has 0 aromatic carbocycles. The Balaban J connectivity index is -0.000000301. The van der Waals surface area contributed by atoms with Crippen LogP contribution in [-0.2, 0) is 37.5 Å². The molecule has 24 heavy (non-hydrogen) atoms. The van der Waals surface area contributed by atoms with Crippen LogP contribution in [0.2, 0.25) is 0 Å². The normalized spacial score (nSPS) is 9.04. The molecule has 0 heterocycles. The number of aliphatic carboxylic acids is 1. The van der Waals surface area contributed by atoms with Gasteiger partial charge in [0.1, 0.15) is 0 Å². The van der Waals surface area contributed by atoms with Gasteiger partial charge in [-0.3, -0.25) is 0 Å². The number of hydrogen-bond acceptors (Lipinski definition) is 2. The average molecular weight is 403 g/mol. The Morgan fingerprint density at radius 2 is 0.875 bits per heavy atom. The smallest absolute Gasteiger partial charge is 2.00 e. The number of carbonyl (C=O) groups is 1. The second-order valence-corrected chi connectivity index (χ2v) is 6.07. The minimum Gasteiger partial charge on any atom is -2.00 e. The molecule has 0 radical (unpaired) electrons. The second kappa shape index (κ2) is 32.1. The molecule has 0 bridgehead atoms. The van der Waals surface area contributed by atoms with E-state index in [0.717, 1.165) is 12.8 Å². The summed E-state index contributed by atoms with van der Waals surface area (Å²) in [7, 11) is 0. The van der Waals surface area contributed by atoms with E-state index in [1.54, 1.807) is 0 Å². The van der Waals surface area contributed by atoms with E-state index in [-0.39, 0.29) is 76.8 Å². The van der Waals surface area contributed by atoms with Gasteiger partial charge in [-0.05, 0) is 12.8 Å². The van der Waals surface area contributed by atoms with Crippen molar-refractivity contribution in [3.8, 4) is 0 Å². The average Bonchev–Trinajstić information content (AvgIpc) is 2.43. The fraction of sp³-hybridized carbons (Fsp3) is 0.944. The first-order chi connectivity index (χ1) is 9.77. The molecule has 0 aliphatic carbocycles. The number of carboxylic acids is 1. The van der Waals surface area contributed by atoms with Crippen LogP contribution in [0.3, 0.4) is 0 Å². The number of hydrogen-bond donors (Lipinski definition) is 0. The molecule has 0 unspecified atom stereocenters. The fourth-order valence-electron chi connectivity index (χ4n) is 2.64. The quantitative estimate of drug-likeness (QED) is 0.282. The Morgan fingerprint density at radius 1 is 0.625 bits per heavy atom. The second-order valence-electron chi connectivity index (χ2n) is 6.07. The summed E-state index contributed by atoms with van der Waals surface area (Å²) in [4.78, 5) is 10.2. The SMILES string of the molecule is CCCCCCCCCCCCCCCCCC(=O)[O-].[Ca+2].[O-2].[O-2].[Ti+4]. The molecule has 0 saturated heterocycles. The van der Waals surface area contributed by atoms with E-state index >= 15 is 0 Å². The van der Waals surface area contributed by atoms with Gasteiger partial charge in [0.25, 0.3) is 0 Å². The van der Waals surface area contributed by atoms with Crippen molar-refractivity contribution in [1.82, 2.24) is 0 Å². The molecule has 0 saturated carbocycles. The summed E-state index contributed by atoms with van der Waals surface area (Å²) in [5.41, 5.74) is 0. The summed E-state index contributed by atoms with van der Waals surface area (Å²) in [5, 5.41) is 10.2. The zero-order valence-corrected chi connectivity index (χ0v) is 19.4. The van der Waals surface area contributed by atoms with E-state index in [9.17, 15) is 9.90 Å². The van der Waals surface area contributed by atoms with Crippen molar-refractivity contribution in [3.05, 3.63) is 0 Å². The topological polar surface area (TPSA) is 97.1 Å². The van der Waals surface area contributed by atoms with Gasteiger partial charge in [0.2, 0.25) is 0 Å². The van der Waals surface area contributed by atoms with Crippen LogP contribution in [0.15, 0.2) is 0 Å². The Labute approximate surface area is 194 Å². The van der Waals surface area contributed by atoms with Gasteiger partial charge in [-0.2, -0.15) is 0 Å². The molecular formula is C18H35CaO4Ti+. The number of rotatable bonds is 16. The molecule has 4 nitrogen and oxygen atoms in total. The van der Waals surface area contributed by atoms with Gasteiger partial charge in [0, 0.05) is 5.97 Å². The van der Waals surface area contributed by atoms with Crippen LogP contribution in [-0.4, -0.2) is 43.7 Å². The van der Waals surface area contributed by atoms with Crippen LogP contribution in [0.25, 0.3) is 0 Å². The van der Waals surface area contributed by atoms with E-state index in [4.69, 9.17) is 0 Å². The van der Waals surface area contributed by atoms with Gasteiger partial charge in [0.15, 0.2) is 0 Å². The maximum atomic E-state index is 10.2. The van der Waals surface area contributed by atoms with Gasteiger partial charge < -0.3 is 20.9 Å². The Morgan fingerprint density at radius 3 is 1.12 bits per heavy atom. The minimum atomic E-state index is -0.903. The summed E-state index contributed by atoms with van der Waals surface area (Å²) in [6, 6.07) is 0. The summed E-state index contributed by atoms with van der Waals surface area (Å²) >= 11 is 0. The summed E-state index contributed by atoms with van der Waals surface area (Å²) in [6.07, 6.45) is 19.9. The van der Waals surface area contributed by atoms with Crippen LogP contribution in [0.5, 0.6) is 0 Å². The first kappa shape index (κ1) is 36.3. The van der Waals surface area contributed by atoms with E-state index in [2.05, 4.69) is 6.92 Å². The van der Waals surface area contributed by atoms with Crippen LogP contribution in [0, 0.1) is 0 Å². The zero-order valence-electron chi connectivity index (χ0n) is 15.7. The van der Waals surface area contributed by atoms with Crippen molar-refractivity contribution in [3.63, 3.8) is 0 Å². The third kappa shape index (κ3) is 34.7. The molecular weight excluding hydrogens is 368 g/mol. The number of carboxylic acid groups (broad SMARTS) is 1. The standard InChI is InChI=1S/C18H36O2.Ca.2O.Ti/c1-2-3-4-5-6-7-8-9-10-11-12-13-14-15-16-17-18(19)20;;;;/h2-17H2,1H3,(H,19,20);;;;/q;+2;2*-2;+4/p-1. The van der Waals surface area contributed by atoms with Gasteiger partial charge in [-0.15, -0.1) is 0 Å². The fourth-order valence-corrected chi connectivity index (χ4v) is 2.64. The van der Waals surface area contributed by atoms with Crippen molar-refractivity contribution in [2.45, 2.75) is 110 Å². The van der Waals surface area contributed by atoms with E-state index in [0.29, 0.717) is 0 Å². The van der Waals surface area contributed by atoms with Crippen molar-refractivity contribution in [1.29, 1.82) is 0 Å². The molecule has 0 spiro atoms. The summed E-state index contributed by atoms with van der Waals surface area (Å²) in [5.74, 6) is -0.903. The monoisotopic (exact) mass is 403 g/mol. The molecule has 0 aliphatic rings. The molecule has 0 aromatic rings. The first-order valence-electron chi connectivity index (χ1n) is 8.97. The Hall–Kier alpha value is 1.36. The predicted octanol–water partition coefficient (Wildman–Crippen LogP) is 4.38. The molecule has 0 aliphatic heterocycles. The largest absolute Gasteiger partial charge is 4.00 e. The molecule has 0 amide bonds. The van der Waals surface area contributed by atoms with Crippen LogP contribution in [0.4, 0.5) is 0 Å². The third-order valence-corrected chi connectivity index (χ3v) is 3.98. The Bertz CT molecular complexity index is 219. The van der Waals surface area contributed by atoms with E-state index in [1.165, 1.54) is 83.5 Å². The van der Waals surface area contributed by atoms with Crippen molar-refractivity contribution in [2.75, 3.05) is 0 Å². The van der Waals surface area contributed by atoms with E-state index < -0.39 is 5.97 Å². The van der Waals surface area contributed by atoms with Crippen molar-refractivity contribution >= 4 is 43.7 Å². The molecule has 6 heteroatoms. The molecule has 0 rings (SSSR count). The van der Waals surface area contributed by atoms with E-state index in [1.807, 2.05) is 0 Å². The number of carbonyl (C=O) groups excluding carboxylic acids is 1. The van der Waals surface area contributed by atoms with Crippen LogP contribution >= 0.6 is 0 Å². The predicted molar refractivity (Wildman–Crippen MR) is 91.7 cm³/mol. The zero-order chi connectivity index (χ0) is 14.9. The summed E-state index contributed by atoms with van der Waals surface area (Å²) < 4.78 is 0. The van der Waals surface area contributed by atoms with Crippen molar-refractivity contribution in [2.24, 2.45) is 0 Å². The maximum Gasteiger partial charge on any atom is 4.00 e.